The van der Waals surface area contributed by atoms with Crippen LogP contribution in [0.4, 0.5) is 11.5 Å². The van der Waals surface area contributed by atoms with E-state index in [2.05, 4.69) is 25.4 Å². The summed E-state index contributed by atoms with van der Waals surface area (Å²) in [5.74, 6) is 1.31. The average molecular weight is 408 g/mol. The van der Waals surface area contributed by atoms with Gasteiger partial charge in [-0.2, -0.15) is 0 Å². The standard InChI is InChI=1S/C23H29N5O2/c1-17(18-7-9-20(10-8-18)26-23(30)19-5-6-19)25-22(29)16-27-12-14-28(15-13-27)21-4-2-3-11-24-21/h2-4,7-11,17,19H,5-6,12-16H2,1H3,(H,25,29)(H,26,30). The molecule has 2 aromatic rings. The van der Waals surface area contributed by atoms with Crippen LogP contribution in [0.1, 0.15) is 31.4 Å². The lowest BCUT2D eigenvalue weighted by Crippen LogP contribution is -2.49. The number of nitrogens with one attached hydrogen (secondary N) is 2. The molecule has 2 fully saturated rings. The molecule has 2 amide bonds. The minimum Gasteiger partial charge on any atom is -0.354 e. The second-order valence-electron chi connectivity index (χ2n) is 8.13. The van der Waals surface area contributed by atoms with Crippen molar-refractivity contribution >= 4 is 23.3 Å². The monoisotopic (exact) mass is 407 g/mol. The fourth-order valence-corrected chi connectivity index (χ4v) is 3.69. The van der Waals surface area contributed by atoms with Gasteiger partial charge in [-0.1, -0.05) is 18.2 Å². The molecule has 1 aliphatic carbocycles. The molecule has 1 aromatic carbocycles. The lowest BCUT2D eigenvalue weighted by Gasteiger charge is -2.35. The Hall–Kier alpha value is -2.93. The van der Waals surface area contributed by atoms with Crippen LogP contribution in [-0.2, 0) is 9.59 Å². The number of hydrogen-bond acceptors (Lipinski definition) is 5. The third-order valence-electron chi connectivity index (χ3n) is 5.72. The Kier molecular flexibility index (Phi) is 6.28. The Bertz CT molecular complexity index is 859. The quantitative estimate of drug-likeness (QED) is 0.737. The predicted octanol–water partition coefficient (Wildman–Crippen LogP) is 2.43. The number of piperazine rings is 1. The predicted molar refractivity (Wildman–Crippen MR) is 117 cm³/mol. The van der Waals surface area contributed by atoms with Crippen molar-refractivity contribution in [3.63, 3.8) is 0 Å². The van der Waals surface area contributed by atoms with E-state index in [0.717, 1.165) is 56.1 Å². The highest BCUT2D eigenvalue weighted by molar-refractivity contribution is 5.94. The van der Waals surface area contributed by atoms with Crippen molar-refractivity contribution in [2.45, 2.75) is 25.8 Å². The maximum Gasteiger partial charge on any atom is 0.234 e. The van der Waals surface area contributed by atoms with Gasteiger partial charge in [0, 0.05) is 44.0 Å². The van der Waals surface area contributed by atoms with Crippen molar-refractivity contribution < 1.29 is 9.59 Å². The molecular formula is C23H29N5O2. The van der Waals surface area contributed by atoms with Crippen LogP contribution in [-0.4, -0.2) is 54.4 Å². The topological polar surface area (TPSA) is 77.6 Å². The molecule has 1 aliphatic heterocycles. The first-order valence-electron chi connectivity index (χ1n) is 10.7. The Morgan fingerprint density at radius 2 is 1.80 bits per heavy atom. The second kappa shape index (κ2) is 9.26. The molecule has 0 radical (unpaired) electrons. The van der Waals surface area contributed by atoms with Crippen molar-refractivity contribution in [1.29, 1.82) is 0 Å². The number of rotatable bonds is 7. The highest BCUT2D eigenvalue weighted by atomic mass is 16.2. The van der Waals surface area contributed by atoms with Crippen LogP contribution in [0.25, 0.3) is 0 Å². The van der Waals surface area contributed by atoms with Crippen LogP contribution in [0.15, 0.2) is 48.7 Å². The van der Waals surface area contributed by atoms with Gasteiger partial charge in [0.25, 0.3) is 0 Å². The third kappa shape index (κ3) is 5.36. The zero-order valence-electron chi connectivity index (χ0n) is 17.4. The van der Waals surface area contributed by atoms with E-state index in [1.165, 1.54) is 0 Å². The fourth-order valence-electron chi connectivity index (χ4n) is 3.69. The Balaban J connectivity index is 1.21. The summed E-state index contributed by atoms with van der Waals surface area (Å²) < 4.78 is 0. The van der Waals surface area contributed by atoms with Gasteiger partial charge in [-0.3, -0.25) is 14.5 Å². The van der Waals surface area contributed by atoms with E-state index in [1.54, 1.807) is 0 Å². The Morgan fingerprint density at radius 3 is 2.43 bits per heavy atom. The number of amides is 2. The lowest BCUT2D eigenvalue weighted by molar-refractivity contribution is -0.123. The first-order chi connectivity index (χ1) is 14.6. The van der Waals surface area contributed by atoms with Gasteiger partial charge >= 0.3 is 0 Å². The maximum absolute atomic E-state index is 12.5. The molecule has 2 aliphatic rings. The largest absolute Gasteiger partial charge is 0.354 e. The third-order valence-corrected chi connectivity index (χ3v) is 5.72. The molecule has 2 heterocycles. The summed E-state index contributed by atoms with van der Waals surface area (Å²) in [6.45, 7) is 5.80. The molecule has 158 valence electrons. The van der Waals surface area contributed by atoms with Gasteiger partial charge in [-0.15, -0.1) is 0 Å². The fraction of sp³-hybridized carbons (Fsp3) is 0.435. The van der Waals surface area contributed by atoms with Crippen LogP contribution in [0.2, 0.25) is 0 Å². The lowest BCUT2D eigenvalue weighted by atomic mass is 10.1. The number of pyridine rings is 1. The van der Waals surface area contributed by atoms with E-state index in [1.807, 2.05) is 55.6 Å². The summed E-state index contributed by atoms with van der Waals surface area (Å²) in [5, 5.41) is 6.02. The molecule has 0 spiro atoms. The summed E-state index contributed by atoms with van der Waals surface area (Å²) in [7, 11) is 0. The number of carbonyl (C=O) groups is 2. The SMILES string of the molecule is CC(NC(=O)CN1CCN(c2ccccn2)CC1)c1ccc(NC(=O)C2CC2)cc1. The van der Waals surface area contributed by atoms with Gasteiger partial charge < -0.3 is 15.5 Å². The van der Waals surface area contributed by atoms with Gasteiger partial charge in [0.05, 0.1) is 12.6 Å². The van der Waals surface area contributed by atoms with Gasteiger partial charge in [-0.05, 0) is 49.6 Å². The Morgan fingerprint density at radius 1 is 1.07 bits per heavy atom. The molecule has 30 heavy (non-hydrogen) atoms. The van der Waals surface area contributed by atoms with Crippen molar-refractivity contribution in [2.75, 3.05) is 42.9 Å². The number of aromatic nitrogens is 1. The molecule has 1 saturated carbocycles. The molecule has 4 rings (SSSR count). The summed E-state index contributed by atoms with van der Waals surface area (Å²) in [5.41, 5.74) is 1.83. The molecule has 2 N–H and O–H groups in total. The number of benzene rings is 1. The summed E-state index contributed by atoms with van der Waals surface area (Å²) >= 11 is 0. The normalized spacial score (nSPS) is 18.0. The van der Waals surface area contributed by atoms with Crippen molar-refractivity contribution in [1.82, 2.24) is 15.2 Å². The summed E-state index contributed by atoms with van der Waals surface area (Å²) in [6, 6.07) is 13.6. The summed E-state index contributed by atoms with van der Waals surface area (Å²) in [6.07, 6.45) is 3.79. The van der Waals surface area contributed by atoms with E-state index >= 15 is 0 Å². The molecule has 7 heteroatoms. The highest BCUT2D eigenvalue weighted by Gasteiger charge is 2.29. The zero-order valence-corrected chi connectivity index (χ0v) is 17.4. The zero-order chi connectivity index (χ0) is 20.9. The van der Waals surface area contributed by atoms with E-state index < -0.39 is 0 Å². The van der Waals surface area contributed by atoms with Crippen LogP contribution in [0.3, 0.4) is 0 Å². The van der Waals surface area contributed by atoms with Gasteiger partial charge in [0.1, 0.15) is 5.82 Å². The van der Waals surface area contributed by atoms with Gasteiger partial charge in [-0.25, -0.2) is 4.98 Å². The average Bonchev–Trinajstić information content (AvgIpc) is 3.61. The summed E-state index contributed by atoms with van der Waals surface area (Å²) in [4.78, 5) is 33.2. The van der Waals surface area contributed by atoms with E-state index in [4.69, 9.17) is 0 Å². The van der Waals surface area contributed by atoms with E-state index in [-0.39, 0.29) is 23.8 Å². The first-order valence-corrected chi connectivity index (χ1v) is 10.7. The molecule has 7 nitrogen and oxygen atoms in total. The molecule has 1 atom stereocenters. The minimum atomic E-state index is -0.0829. The number of anilines is 2. The number of nitrogens with zero attached hydrogens (tertiary/aromatic N) is 3. The first kappa shape index (κ1) is 20.3. The molecule has 1 aromatic heterocycles. The number of carbonyl (C=O) groups excluding carboxylic acids is 2. The van der Waals surface area contributed by atoms with Crippen molar-refractivity contribution in [3.05, 3.63) is 54.2 Å². The molecule has 1 saturated heterocycles. The van der Waals surface area contributed by atoms with Crippen molar-refractivity contribution in [2.24, 2.45) is 5.92 Å². The second-order valence-corrected chi connectivity index (χ2v) is 8.13. The van der Waals surface area contributed by atoms with Crippen molar-refractivity contribution in [3.8, 4) is 0 Å². The Labute approximate surface area is 177 Å². The molecule has 1 unspecified atom stereocenters. The highest BCUT2D eigenvalue weighted by Crippen LogP contribution is 2.30. The van der Waals surface area contributed by atoms with Crippen LogP contribution < -0.4 is 15.5 Å². The van der Waals surface area contributed by atoms with Crippen LogP contribution in [0.5, 0.6) is 0 Å². The smallest absolute Gasteiger partial charge is 0.234 e. The van der Waals surface area contributed by atoms with Crippen LogP contribution >= 0.6 is 0 Å². The maximum atomic E-state index is 12.5. The van der Waals surface area contributed by atoms with E-state index in [9.17, 15) is 9.59 Å². The minimum absolute atomic E-state index is 0.0277. The van der Waals surface area contributed by atoms with Gasteiger partial charge in [0.2, 0.25) is 11.8 Å². The van der Waals surface area contributed by atoms with Crippen LogP contribution in [0, 0.1) is 5.92 Å². The van der Waals surface area contributed by atoms with E-state index in [0.29, 0.717) is 6.54 Å². The number of hydrogen-bond donors (Lipinski definition) is 2. The van der Waals surface area contributed by atoms with Gasteiger partial charge in [0.15, 0.2) is 0 Å². The molecule has 0 bridgehead atoms. The molecular weight excluding hydrogens is 378 g/mol.